The molecule has 1 atom stereocenters. The predicted octanol–water partition coefficient (Wildman–Crippen LogP) is 1.61. The van der Waals surface area contributed by atoms with Crippen LogP contribution in [0.3, 0.4) is 0 Å². The van der Waals surface area contributed by atoms with Crippen molar-refractivity contribution in [1.29, 1.82) is 0 Å². The zero-order valence-electron chi connectivity index (χ0n) is 17.7. The van der Waals surface area contributed by atoms with Gasteiger partial charge in [0, 0.05) is 38.0 Å². The molecule has 1 amide bonds. The van der Waals surface area contributed by atoms with Crippen LogP contribution >= 0.6 is 0 Å². The molecular weight excluding hydrogens is 422 g/mol. The van der Waals surface area contributed by atoms with E-state index in [1.54, 1.807) is 37.1 Å². The zero-order chi connectivity index (χ0) is 22.6. The molecule has 0 unspecified atom stereocenters. The smallest absolute Gasteiger partial charge is 0.245 e. The van der Waals surface area contributed by atoms with Crippen LogP contribution in [0.15, 0.2) is 46.1 Å². The molecule has 1 aromatic carbocycles. The van der Waals surface area contributed by atoms with E-state index in [1.807, 2.05) is 25.2 Å². The Morgan fingerprint density at radius 3 is 2.65 bits per heavy atom. The van der Waals surface area contributed by atoms with Crippen molar-refractivity contribution in [1.82, 2.24) is 24.7 Å². The Kier molecular flexibility index (Phi) is 6.76. The highest BCUT2D eigenvalue weighted by molar-refractivity contribution is 7.89. The second-order valence-corrected chi connectivity index (χ2v) is 8.64. The Balaban J connectivity index is 1.72. The lowest BCUT2D eigenvalue weighted by atomic mass is 10.0. The Labute approximate surface area is 180 Å². The third-order valence-corrected chi connectivity index (χ3v) is 6.46. The van der Waals surface area contributed by atoms with E-state index in [-0.39, 0.29) is 35.2 Å². The van der Waals surface area contributed by atoms with E-state index in [0.717, 1.165) is 5.56 Å². The number of nitrogens with one attached hydrogen (secondary N) is 2. The maximum atomic E-state index is 12.7. The maximum absolute atomic E-state index is 12.7. The highest BCUT2D eigenvalue weighted by Crippen LogP contribution is 2.29. The summed E-state index contributed by atoms with van der Waals surface area (Å²) in [4.78, 5) is 17.0. The van der Waals surface area contributed by atoms with Gasteiger partial charge in [0.15, 0.2) is 5.76 Å². The highest BCUT2D eigenvalue weighted by Gasteiger charge is 2.26. The number of imidazole rings is 1. The standard InChI is InChI=1S/C20H25N5O5S/c1-13-19(14(2)30-24-13)31(27,28)22-10-9-17(26)23-18(20-21-11-12-25(20)3)15-7-5-6-8-16(15)29-4/h5-8,11-12,18,22H,9-10H2,1-4H3,(H,23,26)/t18-/m1/s1. The van der Waals surface area contributed by atoms with E-state index >= 15 is 0 Å². The summed E-state index contributed by atoms with van der Waals surface area (Å²) in [6.07, 6.45) is 3.35. The molecule has 3 aromatic rings. The molecule has 0 saturated carbocycles. The number of ether oxygens (including phenoxy) is 1. The van der Waals surface area contributed by atoms with Gasteiger partial charge in [0.05, 0.1) is 7.11 Å². The summed E-state index contributed by atoms with van der Waals surface area (Å²) < 4.78 is 39.6. The van der Waals surface area contributed by atoms with Gasteiger partial charge in [0.2, 0.25) is 15.9 Å². The summed E-state index contributed by atoms with van der Waals surface area (Å²) in [5.41, 5.74) is 1.00. The monoisotopic (exact) mass is 447 g/mol. The van der Waals surface area contributed by atoms with E-state index in [1.165, 1.54) is 6.92 Å². The van der Waals surface area contributed by atoms with Crippen molar-refractivity contribution < 1.29 is 22.5 Å². The minimum atomic E-state index is -3.84. The van der Waals surface area contributed by atoms with Crippen LogP contribution in [0.25, 0.3) is 0 Å². The average Bonchev–Trinajstić information content (AvgIpc) is 3.31. The Hall–Kier alpha value is -3.18. The molecular formula is C20H25N5O5S. The van der Waals surface area contributed by atoms with Crippen LogP contribution in [0.4, 0.5) is 0 Å². The van der Waals surface area contributed by atoms with Crippen LogP contribution in [0.2, 0.25) is 0 Å². The minimum absolute atomic E-state index is 0.00665. The molecule has 2 aromatic heterocycles. The molecule has 3 rings (SSSR count). The zero-order valence-corrected chi connectivity index (χ0v) is 18.6. The van der Waals surface area contributed by atoms with Gasteiger partial charge >= 0.3 is 0 Å². The number of amides is 1. The van der Waals surface area contributed by atoms with Crippen molar-refractivity contribution in [3.63, 3.8) is 0 Å². The number of rotatable bonds is 9. The molecule has 166 valence electrons. The van der Waals surface area contributed by atoms with Gasteiger partial charge in [-0.05, 0) is 19.9 Å². The van der Waals surface area contributed by atoms with Gasteiger partial charge in [-0.2, -0.15) is 0 Å². The van der Waals surface area contributed by atoms with Crippen molar-refractivity contribution in [2.45, 2.75) is 31.2 Å². The number of hydrogen-bond donors (Lipinski definition) is 2. The number of hydrogen-bond acceptors (Lipinski definition) is 7. The van der Waals surface area contributed by atoms with Gasteiger partial charge in [0.1, 0.15) is 28.2 Å². The van der Waals surface area contributed by atoms with Gasteiger partial charge in [-0.15, -0.1) is 0 Å². The molecule has 0 aliphatic rings. The summed E-state index contributed by atoms with van der Waals surface area (Å²) in [5.74, 6) is 1.07. The number of carbonyl (C=O) groups is 1. The van der Waals surface area contributed by atoms with Crippen LogP contribution in [0.1, 0.15) is 35.3 Å². The summed E-state index contributed by atoms with van der Waals surface area (Å²) >= 11 is 0. The Bertz CT molecular complexity index is 1150. The lowest BCUT2D eigenvalue weighted by molar-refractivity contribution is -0.121. The molecule has 0 aliphatic heterocycles. The van der Waals surface area contributed by atoms with E-state index in [9.17, 15) is 13.2 Å². The number of methoxy groups -OCH3 is 1. The number of para-hydroxylation sites is 1. The molecule has 0 aliphatic carbocycles. The molecule has 31 heavy (non-hydrogen) atoms. The SMILES string of the molecule is COc1ccccc1[C@@H](NC(=O)CCNS(=O)(=O)c1c(C)noc1C)c1nccn1C. The number of benzene rings is 1. The van der Waals surface area contributed by atoms with E-state index in [4.69, 9.17) is 9.26 Å². The number of aryl methyl sites for hydroxylation is 3. The van der Waals surface area contributed by atoms with E-state index < -0.39 is 16.1 Å². The highest BCUT2D eigenvalue weighted by atomic mass is 32.2. The first-order chi connectivity index (χ1) is 14.7. The van der Waals surface area contributed by atoms with Gasteiger partial charge in [-0.1, -0.05) is 23.4 Å². The molecule has 0 bridgehead atoms. The molecule has 0 saturated heterocycles. The average molecular weight is 448 g/mol. The van der Waals surface area contributed by atoms with E-state index in [2.05, 4.69) is 20.2 Å². The second-order valence-electron chi connectivity index (χ2n) is 6.94. The topological polar surface area (TPSA) is 128 Å². The van der Waals surface area contributed by atoms with Crippen molar-refractivity contribution >= 4 is 15.9 Å². The molecule has 10 nitrogen and oxygen atoms in total. The predicted molar refractivity (Wildman–Crippen MR) is 112 cm³/mol. The lowest BCUT2D eigenvalue weighted by Crippen LogP contribution is -2.34. The fourth-order valence-electron chi connectivity index (χ4n) is 3.30. The maximum Gasteiger partial charge on any atom is 0.245 e. The van der Waals surface area contributed by atoms with E-state index in [0.29, 0.717) is 11.6 Å². The van der Waals surface area contributed by atoms with Crippen molar-refractivity contribution in [2.24, 2.45) is 7.05 Å². The quantitative estimate of drug-likeness (QED) is 0.510. The van der Waals surface area contributed by atoms with Crippen LogP contribution < -0.4 is 14.8 Å². The summed E-state index contributed by atoms with van der Waals surface area (Å²) in [5, 5.41) is 6.58. The summed E-state index contributed by atoms with van der Waals surface area (Å²) in [7, 11) is -0.455. The van der Waals surface area contributed by atoms with Gasteiger partial charge in [0.25, 0.3) is 0 Å². The largest absolute Gasteiger partial charge is 0.496 e. The Morgan fingerprint density at radius 2 is 2.03 bits per heavy atom. The molecule has 2 N–H and O–H groups in total. The van der Waals surface area contributed by atoms with Gasteiger partial charge in [-0.3, -0.25) is 4.79 Å². The van der Waals surface area contributed by atoms with Gasteiger partial charge in [-0.25, -0.2) is 18.1 Å². The van der Waals surface area contributed by atoms with Crippen molar-refractivity contribution in [3.8, 4) is 5.75 Å². The minimum Gasteiger partial charge on any atom is -0.496 e. The fourth-order valence-corrected chi connectivity index (χ4v) is 4.66. The molecule has 0 fully saturated rings. The van der Waals surface area contributed by atoms with Crippen molar-refractivity contribution in [3.05, 3.63) is 59.5 Å². The first-order valence-corrected chi connectivity index (χ1v) is 11.0. The summed E-state index contributed by atoms with van der Waals surface area (Å²) in [6, 6.07) is 6.76. The summed E-state index contributed by atoms with van der Waals surface area (Å²) in [6.45, 7) is 2.98. The molecule has 0 radical (unpaired) electrons. The Morgan fingerprint density at radius 1 is 1.29 bits per heavy atom. The van der Waals surface area contributed by atoms with Crippen molar-refractivity contribution in [2.75, 3.05) is 13.7 Å². The van der Waals surface area contributed by atoms with Crippen LogP contribution in [0.5, 0.6) is 5.75 Å². The first-order valence-electron chi connectivity index (χ1n) is 9.56. The second kappa shape index (κ2) is 9.31. The van der Waals surface area contributed by atoms with Crippen LogP contribution in [-0.2, 0) is 21.9 Å². The third kappa shape index (κ3) is 4.94. The molecule has 2 heterocycles. The number of nitrogens with zero attached hydrogens (tertiary/aromatic N) is 3. The normalized spacial score (nSPS) is 12.5. The van der Waals surface area contributed by atoms with Gasteiger partial charge < -0.3 is 19.1 Å². The molecule has 11 heteroatoms. The number of sulfonamides is 1. The first kappa shape index (κ1) is 22.5. The third-order valence-electron chi connectivity index (χ3n) is 4.75. The fraction of sp³-hybridized carbons (Fsp3) is 0.350. The number of aromatic nitrogens is 3. The van der Waals surface area contributed by atoms with Crippen LogP contribution in [0, 0.1) is 13.8 Å². The van der Waals surface area contributed by atoms with Crippen LogP contribution in [-0.4, -0.2) is 42.7 Å². The number of carbonyl (C=O) groups excluding carboxylic acids is 1. The lowest BCUT2D eigenvalue weighted by Gasteiger charge is -2.21. The molecule has 0 spiro atoms.